The van der Waals surface area contributed by atoms with Gasteiger partial charge in [-0.1, -0.05) is 23.2 Å². The standard InChI is InChI=1S/C11H12Cl2N2O3S/c12-9-1-2-10(11(13)8(9)7-16)19(17,18)15-5-3-14-4-6-15/h1-2,7,14H,3-6H2. The van der Waals surface area contributed by atoms with Crippen molar-refractivity contribution in [2.24, 2.45) is 0 Å². The van der Waals surface area contributed by atoms with Crippen molar-refractivity contribution in [2.75, 3.05) is 26.2 Å². The minimum Gasteiger partial charge on any atom is -0.314 e. The van der Waals surface area contributed by atoms with Crippen LogP contribution in [0.4, 0.5) is 0 Å². The maximum Gasteiger partial charge on any atom is 0.244 e. The van der Waals surface area contributed by atoms with E-state index in [4.69, 9.17) is 23.2 Å². The summed E-state index contributed by atoms with van der Waals surface area (Å²) in [6, 6.07) is 2.70. The van der Waals surface area contributed by atoms with Crippen molar-refractivity contribution in [3.63, 3.8) is 0 Å². The van der Waals surface area contributed by atoms with Gasteiger partial charge >= 0.3 is 0 Å². The fourth-order valence-electron chi connectivity index (χ4n) is 1.88. The number of nitrogens with zero attached hydrogens (tertiary/aromatic N) is 1. The summed E-state index contributed by atoms with van der Waals surface area (Å²) in [5, 5.41) is 3.08. The molecule has 0 spiro atoms. The highest BCUT2D eigenvalue weighted by Crippen LogP contribution is 2.31. The van der Waals surface area contributed by atoms with E-state index in [1.807, 2.05) is 0 Å². The molecule has 5 nitrogen and oxygen atoms in total. The van der Waals surface area contributed by atoms with E-state index in [2.05, 4.69) is 5.32 Å². The van der Waals surface area contributed by atoms with Gasteiger partial charge in [-0.2, -0.15) is 4.31 Å². The van der Waals surface area contributed by atoms with Gasteiger partial charge in [0.25, 0.3) is 0 Å². The second-order valence-electron chi connectivity index (χ2n) is 4.05. The van der Waals surface area contributed by atoms with E-state index in [1.54, 1.807) is 0 Å². The highest BCUT2D eigenvalue weighted by molar-refractivity contribution is 7.89. The summed E-state index contributed by atoms with van der Waals surface area (Å²) in [6.07, 6.45) is 0.460. The number of carbonyl (C=O) groups is 1. The minimum atomic E-state index is -3.70. The Morgan fingerprint density at radius 1 is 1.21 bits per heavy atom. The van der Waals surface area contributed by atoms with E-state index in [9.17, 15) is 13.2 Å². The predicted molar refractivity (Wildman–Crippen MR) is 73.5 cm³/mol. The lowest BCUT2D eigenvalue weighted by Crippen LogP contribution is -2.46. The molecule has 1 N–H and O–H groups in total. The Balaban J connectivity index is 2.48. The van der Waals surface area contributed by atoms with Crippen molar-refractivity contribution in [1.82, 2.24) is 9.62 Å². The van der Waals surface area contributed by atoms with Gasteiger partial charge in [0.05, 0.1) is 15.6 Å². The molecule has 104 valence electrons. The molecule has 1 aliphatic heterocycles. The molecule has 0 saturated carbocycles. The molecule has 8 heteroatoms. The summed E-state index contributed by atoms with van der Waals surface area (Å²) in [7, 11) is -3.70. The molecule has 0 atom stereocenters. The first-order valence-electron chi connectivity index (χ1n) is 5.62. The van der Waals surface area contributed by atoms with E-state index in [1.165, 1.54) is 16.4 Å². The molecule has 1 saturated heterocycles. The third-order valence-corrected chi connectivity index (χ3v) is 5.69. The maximum absolute atomic E-state index is 12.4. The number of hydrogen-bond acceptors (Lipinski definition) is 4. The molecule has 0 bridgehead atoms. The monoisotopic (exact) mass is 322 g/mol. The van der Waals surface area contributed by atoms with Crippen LogP contribution in [-0.2, 0) is 10.0 Å². The van der Waals surface area contributed by atoms with Crippen molar-refractivity contribution in [1.29, 1.82) is 0 Å². The summed E-state index contributed by atoms with van der Waals surface area (Å²) < 4.78 is 26.2. The zero-order valence-electron chi connectivity index (χ0n) is 9.90. The van der Waals surface area contributed by atoms with Crippen LogP contribution in [0, 0.1) is 0 Å². The van der Waals surface area contributed by atoms with Crippen molar-refractivity contribution < 1.29 is 13.2 Å². The van der Waals surface area contributed by atoms with E-state index in [0.717, 1.165) is 0 Å². The number of carbonyl (C=O) groups excluding carboxylic acids is 1. The van der Waals surface area contributed by atoms with Crippen LogP contribution in [0.15, 0.2) is 17.0 Å². The molecule has 0 aromatic heterocycles. The van der Waals surface area contributed by atoms with Gasteiger partial charge in [-0.25, -0.2) is 8.42 Å². The maximum atomic E-state index is 12.4. The summed E-state index contributed by atoms with van der Waals surface area (Å²) in [5.74, 6) is 0. The third kappa shape index (κ3) is 2.78. The van der Waals surface area contributed by atoms with Crippen molar-refractivity contribution in [3.8, 4) is 0 Å². The number of rotatable bonds is 3. The number of halogens is 2. The Kier molecular flexibility index (Phi) is 4.47. The van der Waals surface area contributed by atoms with Crippen molar-refractivity contribution in [2.45, 2.75) is 4.90 Å². The molecule has 1 fully saturated rings. The first-order valence-corrected chi connectivity index (χ1v) is 7.82. The van der Waals surface area contributed by atoms with E-state index in [-0.39, 0.29) is 20.5 Å². The quantitative estimate of drug-likeness (QED) is 0.854. The van der Waals surface area contributed by atoms with Crippen LogP contribution < -0.4 is 5.32 Å². The van der Waals surface area contributed by atoms with Gasteiger partial charge in [0.15, 0.2) is 6.29 Å². The van der Waals surface area contributed by atoms with E-state index < -0.39 is 10.0 Å². The highest BCUT2D eigenvalue weighted by atomic mass is 35.5. The van der Waals surface area contributed by atoms with Gasteiger partial charge in [0, 0.05) is 26.2 Å². The number of hydrogen-bond donors (Lipinski definition) is 1. The molecular formula is C11H12Cl2N2O3S. The van der Waals surface area contributed by atoms with Gasteiger partial charge in [0.1, 0.15) is 4.90 Å². The summed E-state index contributed by atoms with van der Waals surface area (Å²) in [4.78, 5) is 10.8. The van der Waals surface area contributed by atoms with Crippen LogP contribution in [0.25, 0.3) is 0 Å². The van der Waals surface area contributed by atoms with Crippen LogP contribution in [0.2, 0.25) is 10.0 Å². The Morgan fingerprint density at radius 2 is 1.84 bits per heavy atom. The summed E-state index contributed by atoms with van der Waals surface area (Å²) in [6.45, 7) is 1.92. The van der Waals surface area contributed by atoms with Crippen LogP contribution in [0.3, 0.4) is 0 Å². The Morgan fingerprint density at radius 3 is 2.42 bits per heavy atom. The first-order chi connectivity index (χ1) is 8.98. The third-order valence-electron chi connectivity index (χ3n) is 2.90. The summed E-state index contributed by atoms with van der Waals surface area (Å²) in [5.41, 5.74) is -0.000423. The number of sulfonamides is 1. The molecule has 1 heterocycles. The smallest absolute Gasteiger partial charge is 0.244 e. The number of benzene rings is 1. The van der Waals surface area contributed by atoms with Gasteiger partial charge in [-0.15, -0.1) is 0 Å². The van der Waals surface area contributed by atoms with Gasteiger partial charge in [-0.3, -0.25) is 4.79 Å². The molecule has 0 amide bonds. The van der Waals surface area contributed by atoms with E-state index in [0.29, 0.717) is 32.5 Å². The fourth-order valence-corrected chi connectivity index (χ4v) is 4.15. The second kappa shape index (κ2) is 5.76. The Labute approximate surface area is 121 Å². The number of piperazine rings is 1. The average Bonchev–Trinajstić information content (AvgIpc) is 2.40. The fraction of sp³-hybridized carbons (Fsp3) is 0.364. The minimum absolute atomic E-state index is 0.000423. The molecule has 0 aliphatic carbocycles. The molecule has 0 unspecified atom stereocenters. The van der Waals surface area contributed by atoms with Crippen LogP contribution in [-0.4, -0.2) is 45.2 Å². The van der Waals surface area contributed by atoms with Crippen molar-refractivity contribution >= 4 is 39.5 Å². The van der Waals surface area contributed by atoms with Crippen LogP contribution in [0.1, 0.15) is 10.4 Å². The normalized spacial score (nSPS) is 17.4. The first kappa shape index (κ1) is 14.7. The highest BCUT2D eigenvalue weighted by Gasteiger charge is 2.29. The Hall–Kier alpha value is -0.660. The molecule has 1 aliphatic rings. The van der Waals surface area contributed by atoms with Gasteiger partial charge in [-0.05, 0) is 12.1 Å². The summed E-state index contributed by atoms with van der Waals surface area (Å²) >= 11 is 11.8. The van der Waals surface area contributed by atoms with Crippen LogP contribution in [0.5, 0.6) is 0 Å². The zero-order valence-corrected chi connectivity index (χ0v) is 12.2. The lowest BCUT2D eigenvalue weighted by molar-refractivity contribution is 0.112. The topological polar surface area (TPSA) is 66.5 Å². The lowest BCUT2D eigenvalue weighted by Gasteiger charge is -2.27. The largest absolute Gasteiger partial charge is 0.314 e. The molecule has 2 rings (SSSR count). The van der Waals surface area contributed by atoms with Gasteiger partial charge in [0.2, 0.25) is 10.0 Å². The predicted octanol–water partition coefficient (Wildman–Crippen LogP) is 1.40. The number of nitrogens with one attached hydrogen (secondary N) is 1. The molecule has 1 aromatic rings. The second-order valence-corrected chi connectivity index (χ2v) is 6.74. The molecular weight excluding hydrogens is 311 g/mol. The molecule has 0 radical (unpaired) electrons. The lowest BCUT2D eigenvalue weighted by atomic mass is 10.2. The number of aldehydes is 1. The van der Waals surface area contributed by atoms with Crippen molar-refractivity contribution in [3.05, 3.63) is 27.7 Å². The Bertz CT molecular complexity index is 598. The SMILES string of the molecule is O=Cc1c(Cl)ccc(S(=O)(=O)N2CCNCC2)c1Cl. The average molecular weight is 323 g/mol. The van der Waals surface area contributed by atoms with E-state index >= 15 is 0 Å². The molecule has 1 aromatic carbocycles. The van der Waals surface area contributed by atoms with Gasteiger partial charge < -0.3 is 5.32 Å². The van der Waals surface area contributed by atoms with Crippen LogP contribution >= 0.6 is 23.2 Å². The molecule has 19 heavy (non-hydrogen) atoms. The zero-order chi connectivity index (χ0) is 14.0.